The first-order chi connectivity index (χ1) is 14.4. The summed E-state index contributed by atoms with van der Waals surface area (Å²) < 4.78 is 20.1. The average Bonchev–Trinajstić information content (AvgIpc) is 2.74. The highest BCUT2D eigenvalue weighted by Crippen LogP contribution is 2.40. The Kier molecular flexibility index (Phi) is 6.91. The topological polar surface area (TPSA) is 46.6 Å². The zero-order valence-corrected chi connectivity index (χ0v) is 18.0. The van der Waals surface area contributed by atoms with E-state index in [0.717, 1.165) is 12.0 Å². The van der Waals surface area contributed by atoms with Crippen LogP contribution in [0.5, 0.6) is 0 Å². The molecule has 1 aliphatic rings. The third-order valence-corrected chi connectivity index (χ3v) is 5.83. The average molecular weight is 412 g/mol. The van der Waals surface area contributed by atoms with Gasteiger partial charge in [-0.1, -0.05) is 56.3 Å². The summed E-state index contributed by atoms with van der Waals surface area (Å²) >= 11 is 0. The summed E-state index contributed by atoms with van der Waals surface area (Å²) in [5.74, 6) is -0.686. The fourth-order valence-electron chi connectivity index (χ4n) is 4.45. The van der Waals surface area contributed by atoms with Crippen molar-refractivity contribution in [3.63, 3.8) is 0 Å². The summed E-state index contributed by atoms with van der Waals surface area (Å²) in [6.07, 6.45) is 1.79. The normalized spacial score (nSPS) is 15.8. The maximum atomic E-state index is 14.8. The van der Waals surface area contributed by atoms with E-state index in [1.54, 1.807) is 17.0 Å². The Morgan fingerprint density at radius 3 is 2.33 bits per heavy atom. The van der Waals surface area contributed by atoms with E-state index in [4.69, 9.17) is 4.74 Å². The van der Waals surface area contributed by atoms with Crippen LogP contribution in [0.25, 0.3) is 11.1 Å². The third-order valence-electron chi connectivity index (χ3n) is 5.83. The fraction of sp³-hybridized carbons (Fsp3) is 0.440. The number of likely N-dealkylation sites (tertiary alicyclic amines) is 1. The summed E-state index contributed by atoms with van der Waals surface area (Å²) in [6.45, 7) is 7.15. The van der Waals surface area contributed by atoms with E-state index in [0.29, 0.717) is 44.0 Å². The van der Waals surface area contributed by atoms with Gasteiger partial charge in [0, 0.05) is 13.1 Å². The Bertz CT molecular complexity index is 887. The second-order valence-corrected chi connectivity index (χ2v) is 8.42. The van der Waals surface area contributed by atoms with Crippen molar-refractivity contribution in [3.8, 4) is 11.1 Å². The molecule has 1 amide bonds. The molecule has 0 N–H and O–H groups in total. The number of hydrogen-bond acceptors (Lipinski definition) is 3. The summed E-state index contributed by atoms with van der Waals surface area (Å²) in [5.41, 5.74) is 0.914. The second-order valence-electron chi connectivity index (χ2n) is 8.42. The van der Waals surface area contributed by atoms with Gasteiger partial charge in [0.25, 0.3) is 5.91 Å². The number of hydrogen-bond donors (Lipinski definition) is 0. The van der Waals surface area contributed by atoms with E-state index in [9.17, 15) is 14.0 Å². The lowest BCUT2D eigenvalue weighted by atomic mass is 9.72. The SMILES string of the molecule is CCOC(=O)C1(CC(C)C)CCN(C(=O)c2c(F)cccc2-c2ccccc2)CC1. The molecule has 0 aromatic heterocycles. The number of halogens is 1. The van der Waals surface area contributed by atoms with Crippen LogP contribution in [-0.2, 0) is 9.53 Å². The van der Waals surface area contributed by atoms with Crippen LogP contribution >= 0.6 is 0 Å². The molecule has 1 saturated heterocycles. The first-order valence-corrected chi connectivity index (χ1v) is 10.7. The molecule has 1 fully saturated rings. The van der Waals surface area contributed by atoms with E-state index in [1.807, 2.05) is 37.3 Å². The standard InChI is InChI=1S/C25H30FNO3/c1-4-30-24(29)25(17-18(2)3)13-15-27(16-14-25)23(28)22-20(11-8-12-21(22)26)19-9-6-5-7-10-19/h5-12,18H,4,13-17H2,1-3H3. The minimum Gasteiger partial charge on any atom is -0.466 e. The summed E-state index contributed by atoms with van der Waals surface area (Å²) in [6, 6.07) is 14.1. The molecule has 160 valence electrons. The quantitative estimate of drug-likeness (QED) is 0.604. The van der Waals surface area contributed by atoms with Gasteiger partial charge in [-0.2, -0.15) is 0 Å². The molecule has 0 unspecified atom stereocenters. The maximum absolute atomic E-state index is 14.8. The van der Waals surface area contributed by atoms with Crippen LogP contribution in [0.2, 0.25) is 0 Å². The number of carbonyl (C=O) groups is 2. The van der Waals surface area contributed by atoms with Gasteiger partial charge in [-0.25, -0.2) is 4.39 Å². The second kappa shape index (κ2) is 9.41. The highest BCUT2D eigenvalue weighted by Gasteiger charge is 2.44. The van der Waals surface area contributed by atoms with E-state index in [2.05, 4.69) is 13.8 Å². The lowest BCUT2D eigenvalue weighted by Crippen LogP contribution is -2.48. The minimum atomic E-state index is -0.571. The van der Waals surface area contributed by atoms with E-state index in [1.165, 1.54) is 6.07 Å². The Balaban J connectivity index is 1.84. The van der Waals surface area contributed by atoms with Crippen LogP contribution in [-0.4, -0.2) is 36.5 Å². The molecular weight excluding hydrogens is 381 g/mol. The first kappa shape index (κ1) is 22.0. The Labute approximate surface area is 178 Å². The van der Waals surface area contributed by atoms with Crippen molar-refractivity contribution in [3.05, 3.63) is 59.9 Å². The van der Waals surface area contributed by atoms with Gasteiger partial charge >= 0.3 is 5.97 Å². The molecule has 0 saturated carbocycles. The van der Waals surface area contributed by atoms with Crippen LogP contribution in [0, 0.1) is 17.2 Å². The molecule has 1 heterocycles. The van der Waals surface area contributed by atoms with E-state index >= 15 is 0 Å². The van der Waals surface area contributed by atoms with Crippen LogP contribution in [0.15, 0.2) is 48.5 Å². The van der Waals surface area contributed by atoms with Gasteiger partial charge in [0.1, 0.15) is 5.82 Å². The van der Waals surface area contributed by atoms with Crippen LogP contribution in [0.4, 0.5) is 4.39 Å². The number of esters is 1. The largest absolute Gasteiger partial charge is 0.466 e. The third kappa shape index (κ3) is 4.55. The summed E-state index contributed by atoms with van der Waals surface area (Å²) in [5, 5.41) is 0. The molecule has 30 heavy (non-hydrogen) atoms. The number of ether oxygens (including phenoxy) is 1. The van der Waals surface area contributed by atoms with Crippen LogP contribution in [0.1, 0.15) is 50.4 Å². The summed E-state index contributed by atoms with van der Waals surface area (Å²) in [4.78, 5) is 27.7. The molecule has 1 aliphatic heterocycles. The molecular formula is C25H30FNO3. The van der Waals surface area contributed by atoms with Gasteiger partial charge in [-0.3, -0.25) is 9.59 Å². The lowest BCUT2D eigenvalue weighted by molar-refractivity contribution is -0.159. The van der Waals surface area contributed by atoms with Gasteiger partial charge < -0.3 is 9.64 Å². The molecule has 0 spiro atoms. The Morgan fingerprint density at radius 1 is 1.07 bits per heavy atom. The molecule has 0 aliphatic carbocycles. The van der Waals surface area contributed by atoms with Crippen LogP contribution in [0.3, 0.4) is 0 Å². The van der Waals surface area contributed by atoms with Crippen molar-refractivity contribution in [1.29, 1.82) is 0 Å². The molecule has 5 heteroatoms. The molecule has 2 aromatic carbocycles. The predicted octanol–water partition coefficient (Wildman–Crippen LogP) is 5.32. The molecule has 2 aromatic rings. The highest BCUT2D eigenvalue weighted by molar-refractivity contribution is 6.01. The Morgan fingerprint density at radius 2 is 1.73 bits per heavy atom. The van der Waals surface area contributed by atoms with E-state index < -0.39 is 11.2 Å². The van der Waals surface area contributed by atoms with Gasteiger partial charge in [0.2, 0.25) is 0 Å². The monoisotopic (exact) mass is 411 g/mol. The number of rotatable bonds is 6. The van der Waals surface area contributed by atoms with Crippen molar-refractivity contribution < 1.29 is 18.7 Å². The van der Waals surface area contributed by atoms with Crippen molar-refractivity contribution in [2.45, 2.75) is 40.0 Å². The van der Waals surface area contributed by atoms with E-state index in [-0.39, 0.29) is 17.4 Å². The van der Waals surface area contributed by atoms with Crippen molar-refractivity contribution in [2.75, 3.05) is 19.7 Å². The number of amides is 1. The molecule has 0 radical (unpaired) electrons. The van der Waals surface area contributed by atoms with Crippen molar-refractivity contribution in [2.24, 2.45) is 11.3 Å². The molecule has 0 bridgehead atoms. The predicted molar refractivity (Wildman–Crippen MR) is 115 cm³/mol. The molecule has 0 atom stereocenters. The zero-order chi connectivity index (χ0) is 21.7. The first-order valence-electron chi connectivity index (χ1n) is 10.7. The highest BCUT2D eigenvalue weighted by atomic mass is 19.1. The number of nitrogens with zero attached hydrogens (tertiary/aromatic N) is 1. The molecule has 3 rings (SSSR count). The van der Waals surface area contributed by atoms with Crippen molar-refractivity contribution >= 4 is 11.9 Å². The molecule has 4 nitrogen and oxygen atoms in total. The summed E-state index contributed by atoms with van der Waals surface area (Å²) in [7, 11) is 0. The van der Waals surface area contributed by atoms with Gasteiger partial charge in [-0.15, -0.1) is 0 Å². The van der Waals surface area contributed by atoms with Gasteiger partial charge in [0.05, 0.1) is 17.6 Å². The number of carbonyl (C=O) groups excluding carboxylic acids is 2. The zero-order valence-electron chi connectivity index (χ0n) is 18.0. The van der Waals surface area contributed by atoms with Gasteiger partial charge in [-0.05, 0) is 49.3 Å². The maximum Gasteiger partial charge on any atom is 0.312 e. The van der Waals surface area contributed by atoms with Crippen molar-refractivity contribution in [1.82, 2.24) is 4.90 Å². The van der Waals surface area contributed by atoms with Gasteiger partial charge in [0.15, 0.2) is 0 Å². The Hall–Kier alpha value is -2.69. The number of piperidine rings is 1. The minimum absolute atomic E-state index is 0.0937. The van der Waals surface area contributed by atoms with Crippen LogP contribution < -0.4 is 0 Å². The smallest absolute Gasteiger partial charge is 0.312 e. The fourth-order valence-corrected chi connectivity index (χ4v) is 4.45. The lowest BCUT2D eigenvalue weighted by Gasteiger charge is -2.41. The number of benzene rings is 2.